The molecule has 0 saturated carbocycles. The van der Waals surface area contributed by atoms with Gasteiger partial charge in [0.1, 0.15) is 11.5 Å². The van der Waals surface area contributed by atoms with E-state index in [2.05, 4.69) is 54.6 Å². The van der Waals surface area contributed by atoms with E-state index in [0.717, 1.165) is 49.7 Å². The second-order valence-electron chi connectivity index (χ2n) is 7.41. The standard InChI is InChI=1S/C27H17FN2/c28-20-15-16-23-29-26-22-14-8-7-13-21(22)24(18-9-3-1-4-10-18)25(27(26)30(23)17-20)19-11-5-2-6-12-19/h1-17H. The van der Waals surface area contributed by atoms with Crippen molar-refractivity contribution < 1.29 is 4.39 Å². The summed E-state index contributed by atoms with van der Waals surface area (Å²) in [7, 11) is 0. The third-order valence-corrected chi connectivity index (χ3v) is 5.65. The Hall–Kier alpha value is -3.98. The van der Waals surface area contributed by atoms with Gasteiger partial charge in [-0.3, -0.25) is 4.40 Å². The predicted octanol–water partition coefficient (Wildman–Crippen LogP) is 7.11. The summed E-state index contributed by atoms with van der Waals surface area (Å²) in [5.74, 6) is -0.282. The number of benzene rings is 4. The molecule has 0 aliphatic carbocycles. The summed E-state index contributed by atoms with van der Waals surface area (Å²) in [6, 6.07) is 32.2. The van der Waals surface area contributed by atoms with Gasteiger partial charge in [0.2, 0.25) is 0 Å². The van der Waals surface area contributed by atoms with E-state index in [0.29, 0.717) is 0 Å². The smallest absolute Gasteiger partial charge is 0.139 e. The lowest BCUT2D eigenvalue weighted by atomic mass is 9.88. The van der Waals surface area contributed by atoms with Crippen molar-refractivity contribution in [2.24, 2.45) is 0 Å². The number of imidazole rings is 1. The molecule has 0 atom stereocenters. The van der Waals surface area contributed by atoms with E-state index < -0.39 is 0 Å². The number of hydrogen-bond donors (Lipinski definition) is 0. The average Bonchev–Trinajstić information content (AvgIpc) is 3.18. The van der Waals surface area contributed by atoms with E-state index in [1.165, 1.54) is 12.3 Å². The van der Waals surface area contributed by atoms with Gasteiger partial charge in [-0.2, -0.15) is 0 Å². The molecule has 142 valence electrons. The van der Waals surface area contributed by atoms with Gasteiger partial charge in [-0.1, -0.05) is 84.9 Å². The highest BCUT2D eigenvalue weighted by molar-refractivity contribution is 6.20. The molecule has 0 saturated heterocycles. The molecule has 0 bridgehead atoms. The molecule has 30 heavy (non-hydrogen) atoms. The maximum absolute atomic E-state index is 14.3. The first-order valence-electron chi connectivity index (χ1n) is 9.94. The van der Waals surface area contributed by atoms with E-state index in [1.807, 2.05) is 34.7 Å². The van der Waals surface area contributed by atoms with Crippen molar-refractivity contribution in [2.45, 2.75) is 0 Å². The first-order valence-corrected chi connectivity index (χ1v) is 9.94. The number of rotatable bonds is 2. The van der Waals surface area contributed by atoms with Gasteiger partial charge in [-0.05, 0) is 34.2 Å². The molecule has 0 fully saturated rings. The Balaban J connectivity index is 1.94. The molecular weight excluding hydrogens is 371 g/mol. The number of aromatic nitrogens is 2. The van der Waals surface area contributed by atoms with Crippen LogP contribution in [0.1, 0.15) is 0 Å². The lowest BCUT2D eigenvalue weighted by Crippen LogP contribution is -1.94. The van der Waals surface area contributed by atoms with Crippen LogP contribution in [0.15, 0.2) is 103 Å². The maximum Gasteiger partial charge on any atom is 0.139 e. The van der Waals surface area contributed by atoms with Crippen LogP contribution < -0.4 is 0 Å². The molecule has 6 aromatic rings. The Morgan fingerprint density at radius 1 is 0.600 bits per heavy atom. The van der Waals surface area contributed by atoms with Crippen LogP contribution in [0.2, 0.25) is 0 Å². The first-order chi connectivity index (χ1) is 14.8. The minimum atomic E-state index is -0.282. The first kappa shape index (κ1) is 16.9. The molecule has 3 heteroatoms. The van der Waals surface area contributed by atoms with E-state index in [-0.39, 0.29) is 5.82 Å². The Bertz CT molecular complexity index is 1530. The van der Waals surface area contributed by atoms with Crippen molar-refractivity contribution in [3.8, 4) is 22.3 Å². The topological polar surface area (TPSA) is 17.3 Å². The van der Waals surface area contributed by atoms with Gasteiger partial charge in [0, 0.05) is 17.1 Å². The highest BCUT2D eigenvalue weighted by Crippen LogP contribution is 2.44. The molecule has 0 amide bonds. The number of hydrogen-bond acceptors (Lipinski definition) is 1. The molecule has 2 aromatic heterocycles. The van der Waals surface area contributed by atoms with E-state index in [1.54, 1.807) is 6.07 Å². The molecule has 2 nitrogen and oxygen atoms in total. The van der Waals surface area contributed by atoms with Crippen molar-refractivity contribution in [1.82, 2.24) is 9.38 Å². The van der Waals surface area contributed by atoms with Crippen LogP contribution in [0, 0.1) is 5.82 Å². The lowest BCUT2D eigenvalue weighted by molar-refractivity contribution is 0.620. The average molecular weight is 388 g/mol. The van der Waals surface area contributed by atoms with Crippen LogP contribution in [0.5, 0.6) is 0 Å². The monoisotopic (exact) mass is 388 g/mol. The van der Waals surface area contributed by atoms with Crippen molar-refractivity contribution in [3.63, 3.8) is 0 Å². The van der Waals surface area contributed by atoms with Crippen LogP contribution in [0.4, 0.5) is 4.39 Å². The largest absolute Gasteiger partial charge is 0.296 e. The summed E-state index contributed by atoms with van der Waals surface area (Å²) >= 11 is 0. The molecule has 0 aliphatic rings. The fourth-order valence-corrected chi connectivity index (χ4v) is 4.40. The van der Waals surface area contributed by atoms with Crippen LogP contribution in [0.25, 0.3) is 49.7 Å². The van der Waals surface area contributed by atoms with Crippen molar-refractivity contribution in [2.75, 3.05) is 0 Å². The fourth-order valence-electron chi connectivity index (χ4n) is 4.40. The normalized spacial score (nSPS) is 11.5. The van der Waals surface area contributed by atoms with E-state index in [4.69, 9.17) is 4.98 Å². The predicted molar refractivity (Wildman–Crippen MR) is 121 cm³/mol. The van der Waals surface area contributed by atoms with Gasteiger partial charge in [-0.25, -0.2) is 9.37 Å². The van der Waals surface area contributed by atoms with Crippen molar-refractivity contribution in [3.05, 3.63) is 109 Å². The SMILES string of the molecule is Fc1ccc2nc3c4ccccc4c(-c4ccccc4)c(-c4ccccc4)c3n2c1. The van der Waals surface area contributed by atoms with Crippen molar-refractivity contribution >= 4 is 27.5 Å². The molecular formula is C27H17FN2. The van der Waals surface area contributed by atoms with Crippen LogP contribution in [-0.2, 0) is 0 Å². The highest BCUT2D eigenvalue weighted by Gasteiger charge is 2.21. The van der Waals surface area contributed by atoms with E-state index in [9.17, 15) is 4.39 Å². The zero-order valence-corrected chi connectivity index (χ0v) is 16.1. The second-order valence-corrected chi connectivity index (χ2v) is 7.41. The molecule has 0 unspecified atom stereocenters. The minimum absolute atomic E-state index is 0.282. The Morgan fingerprint density at radius 2 is 1.20 bits per heavy atom. The van der Waals surface area contributed by atoms with Gasteiger partial charge < -0.3 is 0 Å². The number of fused-ring (bicyclic) bond motifs is 5. The zero-order chi connectivity index (χ0) is 20.1. The summed E-state index contributed by atoms with van der Waals surface area (Å²) in [6.07, 6.45) is 1.53. The Labute approximate surface area is 172 Å². The third kappa shape index (κ3) is 2.45. The molecule has 0 N–H and O–H groups in total. The number of nitrogens with zero attached hydrogens (tertiary/aromatic N) is 2. The van der Waals surface area contributed by atoms with Gasteiger partial charge in [0.25, 0.3) is 0 Å². The minimum Gasteiger partial charge on any atom is -0.296 e. The van der Waals surface area contributed by atoms with E-state index >= 15 is 0 Å². The third-order valence-electron chi connectivity index (χ3n) is 5.65. The fraction of sp³-hybridized carbons (Fsp3) is 0. The molecule has 0 spiro atoms. The highest BCUT2D eigenvalue weighted by atomic mass is 19.1. The number of halogens is 1. The zero-order valence-electron chi connectivity index (χ0n) is 16.1. The summed E-state index contributed by atoms with van der Waals surface area (Å²) in [4.78, 5) is 4.90. The van der Waals surface area contributed by atoms with Crippen molar-refractivity contribution in [1.29, 1.82) is 0 Å². The summed E-state index contributed by atoms with van der Waals surface area (Å²) in [6.45, 7) is 0. The second kappa shape index (κ2) is 6.53. The summed E-state index contributed by atoms with van der Waals surface area (Å²) in [5.41, 5.74) is 6.95. The quantitative estimate of drug-likeness (QED) is 0.309. The Kier molecular flexibility index (Phi) is 3.68. The van der Waals surface area contributed by atoms with Gasteiger partial charge in [0.05, 0.1) is 11.0 Å². The van der Waals surface area contributed by atoms with Crippen LogP contribution in [-0.4, -0.2) is 9.38 Å². The molecule has 0 aliphatic heterocycles. The van der Waals surface area contributed by atoms with Crippen LogP contribution in [0.3, 0.4) is 0 Å². The van der Waals surface area contributed by atoms with Gasteiger partial charge in [-0.15, -0.1) is 0 Å². The summed E-state index contributed by atoms with van der Waals surface area (Å²) < 4.78 is 16.1. The molecule has 4 aromatic carbocycles. The number of pyridine rings is 1. The van der Waals surface area contributed by atoms with Crippen LogP contribution >= 0.6 is 0 Å². The van der Waals surface area contributed by atoms with Gasteiger partial charge in [0.15, 0.2) is 0 Å². The summed E-state index contributed by atoms with van der Waals surface area (Å²) in [5, 5.41) is 2.20. The lowest BCUT2D eigenvalue weighted by Gasteiger charge is -2.16. The molecule has 2 heterocycles. The Morgan fingerprint density at radius 3 is 1.90 bits per heavy atom. The molecule has 0 radical (unpaired) electrons. The maximum atomic E-state index is 14.3. The van der Waals surface area contributed by atoms with Gasteiger partial charge >= 0.3 is 0 Å². The molecule has 6 rings (SSSR count).